The van der Waals surface area contributed by atoms with Gasteiger partial charge in [-0.15, -0.1) is 6.58 Å². The molecule has 4 aliphatic rings. The van der Waals surface area contributed by atoms with Crippen LogP contribution in [-0.4, -0.2) is 133 Å². The van der Waals surface area contributed by atoms with Crippen LogP contribution in [0.25, 0.3) is 0 Å². The van der Waals surface area contributed by atoms with Crippen LogP contribution in [0.3, 0.4) is 0 Å². The average molecular weight is 810 g/mol. The van der Waals surface area contributed by atoms with Crippen molar-refractivity contribution in [3.8, 4) is 0 Å². The molecular formula is C44H75NO12. The summed E-state index contributed by atoms with van der Waals surface area (Å²) in [4.78, 5) is 44.3. The van der Waals surface area contributed by atoms with Gasteiger partial charge < -0.3 is 48.3 Å². The van der Waals surface area contributed by atoms with Gasteiger partial charge in [-0.3, -0.25) is 14.4 Å². The minimum atomic E-state index is -1.23. The Hall–Kier alpha value is -1.97. The summed E-state index contributed by atoms with van der Waals surface area (Å²) in [6.45, 7) is 25.3. The third kappa shape index (κ3) is 9.82. The minimum absolute atomic E-state index is 0.0233. The van der Waals surface area contributed by atoms with Gasteiger partial charge in [0.1, 0.15) is 29.7 Å². The molecule has 4 aliphatic heterocycles. The van der Waals surface area contributed by atoms with Gasteiger partial charge in [0.25, 0.3) is 0 Å². The van der Waals surface area contributed by atoms with Gasteiger partial charge in [0, 0.05) is 56.9 Å². The van der Waals surface area contributed by atoms with E-state index < -0.39 is 107 Å². The molecule has 57 heavy (non-hydrogen) atoms. The summed E-state index contributed by atoms with van der Waals surface area (Å²) >= 11 is 0. The number of aliphatic hydroxyl groups excluding tert-OH is 2. The lowest BCUT2D eigenvalue weighted by Gasteiger charge is -2.52. The summed E-state index contributed by atoms with van der Waals surface area (Å²) in [6, 6.07) is -0.283. The fourth-order valence-electron chi connectivity index (χ4n) is 10.6. The molecule has 4 saturated heterocycles. The summed E-state index contributed by atoms with van der Waals surface area (Å²) in [5.74, 6) is -4.73. The summed E-state index contributed by atoms with van der Waals surface area (Å²) < 4.78 is 44.9. The molecule has 0 aromatic heterocycles. The zero-order valence-corrected chi connectivity index (χ0v) is 37.2. The molecule has 1 unspecified atom stereocenters. The number of nitrogens with zero attached hydrogens (tertiary/aromatic N) is 1. The van der Waals surface area contributed by atoms with Crippen molar-refractivity contribution in [3.63, 3.8) is 0 Å². The highest BCUT2D eigenvalue weighted by Crippen LogP contribution is 2.48. The van der Waals surface area contributed by atoms with Crippen LogP contribution in [-0.2, 0) is 47.5 Å². The second kappa shape index (κ2) is 18.7. The van der Waals surface area contributed by atoms with Crippen LogP contribution in [0.1, 0.15) is 115 Å². The fraction of sp³-hybridized carbons (Fsp3) is 0.886. The molecule has 328 valence electrons. The molecule has 0 spiro atoms. The number of fused-ring (bicyclic) bond motifs is 1. The smallest absolute Gasteiger partial charge is 0.309 e. The van der Waals surface area contributed by atoms with E-state index in [4.69, 9.17) is 33.2 Å². The number of ether oxygens (including phenoxy) is 7. The largest absolute Gasteiger partial charge is 0.458 e. The third-order valence-corrected chi connectivity index (χ3v) is 14.4. The van der Waals surface area contributed by atoms with Gasteiger partial charge >= 0.3 is 11.9 Å². The van der Waals surface area contributed by atoms with Gasteiger partial charge in [0.15, 0.2) is 6.29 Å². The Morgan fingerprint density at radius 3 is 2.16 bits per heavy atom. The molecule has 13 heteroatoms. The molecule has 0 aliphatic carbocycles. The topological polar surface area (TPSA) is 160 Å². The molecule has 0 saturated carbocycles. The number of esters is 2. The first-order valence-electron chi connectivity index (χ1n) is 21.2. The average Bonchev–Trinajstić information content (AvgIpc) is 3.47. The summed E-state index contributed by atoms with van der Waals surface area (Å²) in [7, 11) is 5.12. The zero-order valence-electron chi connectivity index (χ0n) is 37.2. The lowest BCUT2D eigenvalue weighted by atomic mass is 9.67. The molecular weight excluding hydrogens is 734 g/mol. The maximum Gasteiger partial charge on any atom is 0.309 e. The van der Waals surface area contributed by atoms with Crippen molar-refractivity contribution in [2.24, 2.45) is 35.5 Å². The second-order valence-electron chi connectivity index (χ2n) is 18.7. The van der Waals surface area contributed by atoms with Crippen LogP contribution >= 0.6 is 0 Å². The maximum absolute atomic E-state index is 14.7. The van der Waals surface area contributed by atoms with E-state index in [9.17, 15) is 24.6 Å². The molecule has 0 aromatic rings. The highest BCUT2D eigenvalue weighted by Gasteiger charge is 2.58. The van der Waals surface area contributed by atoms with Crippen LogP contribution in [0.5, 0.6) is 0 Å². The molecule has 18 atom stereocenters. The van der Waals surface area contributed by atoms with Gasteiger partial charge in [0.05, 0.1) is 48.0 Å². The SMILES string of the molecule is C=C(C)CCN(C)[C@H]1C[C@@H](C)O[C@@H](O[C@@H]2[C@@H](C)C([C@H]3C[C@@](C)(OC)[C@@H](O)[C@H](C)O3)[C@@H](C)C(=O)O[C@H](CC)[C@@]3(C)OC(=O)C[C@@H]3[C@@H](C)C(=O)[C@H](C)C[C@@]2(C)OC)[C@@H]1O. The van der Waals surface area contributed by atoms with E-state index in [0.717, 1.165) is 12.0 Å². The Kier molecular flexibility index (Phi) is 15.7. The van der Waals surface area contributed by atoms with Crippen LogP contribution in [0, 0.1) is 35.5 Å². The predicted molar refractivity (Wildman–Crippen MR) is 214 cm³/mol. The van der Waals surface area contributed by atoms with E-state index in [0.29, 0.717) is 19.4 Å². The van der Waals surface area contributed by atoms with Gasteiger partial charge in [0.2, 0.25) is 0 Å². The first kappa shape index (κ1) is 47.7. The second-order valence-corrected chi connectivity index (χ2v) is 18.7. The first-order valence-corrected chi connectivity index (χ1v) is 21.2. The molecule has 0 radical (unpaired) electrons. The van der Waals surface area contributed by atoms with E-state index >= 15 is 0 Å². The fourth-order valence-corrected chi connectivity index (χ4v) is 10.6. The van der Waals surface area contributed by atoms with E-state index in [1.165, 1.54) is 0 Å². The Morgan fingerprint density at radius 2 is 1.58 bits per heavy atom. The number of aliphatic hydroxyl groups is 2. The number of carbonyl (C=O) groups is 3. The molecule has 2 N–H and O–H groups in total. The maximum atomic E-state index is 14.7. The van der Waals surface area contributed by atoms with Crippen molar-refractivity contribution < 1.29 is 57.8 Å². The first-order chi connectivity index (χ1) is 26.5. The Bertz CT molecular complexity index is 1430. The van der Waals surface area contributed by atoms with Crippen molar-refractivity contribution in [2.75, 3.05) is 27.8 Å². The quantitative estimate of drug-likeness (QED) is 0.218. The summed E-state index contributed by atoms with van der Waals surface area (Å²) in [5.41, 5.74) is -2.37. The van der Waals surface area contributed by atoms with E-state index in [1.807, 2.05) is 69.4 Å². The molecule has 0 amide bonds. The van der Waals surface area contributed by atoms with Gasteiger partial charge in [-0.25, -0.2) is 0 Å². The number of ketones is 1. The van der Waals surface area contributed by atoms with Crippen LogP contribution < -0.4 is 0 Å². The lowest BCUT2D eigenvalue weighted by molar-refractivity contribution is -0.305. The Morgan fingerprint density at radius 1 is 0.947 bits per heavy atom. The number of carbonyl (C=O) groups excluding carboxylic acids is 3. The zero-order chi connectivity index (χ0) is 42.9. The third-order valence-electron chi connectivity index (χ3n) is 14.4. The molecule has 4 rings (SSSR count). The summed E-state index contributed by atoms with van der Waals surface area (Å²) in [6.07, 6.45) is -4.11. The number of hydrogen-bond donors (Lipinski definition) is 2. The number of Topliss-reactive ketones (excluding diaryl/α,β-unsaturated/α-hetero) is 1. The van der Waals surface area contributed by atoms with Crippen LogP contribution in [0.4, 0.5) is 0 Å². The molecule has 0 aromatic carbocycles. The minimum Gasteiger partial charge on any atom is -0.458 e. The number of hydrogen-bond acceptors (Lipinski definition) is 13. The molecule has 0 bridgehead atoms. The van der Waals surface area contributed by atoms with Gasteiger partial charge in [-0.2, -0.15) is 0 Å². The standard InChI is InChI=1S/C44H75NO12/c1-16-33-44(12)30(20-34(46)57-44)26(6)36(47)24(4)21-43(11,52-15)39(56-41-37(48)31(19-25(5)53-41)45(13)18-17-23(2)3)27(7)35(28(8)40(50)55-33)32-22-42(10,51-14)38(49)29(9)54-32/h24-33,35,37-39,41,48-49H,2,16-22H2,1,3-15H3/t24-,25-,26-,27+,28-,29+,30-,31+,32-,33-,35?,37-,38+,39-,41+,42-,43-,44+/m1/s1. The number of likely N-dealkylation sites (N-methyl/N-ethyl adjacent to an activating group) is 1. The highest BCUT2D eigenvalue weighted by molar-refractivity contribution is 5.85. The number of methoxy groups -OCH3 is 2. The van der Waals surface area contributed by atoms with E-state index in [-0.39, 0.29) is 37.2 Å². The molecule has 4 fully saturated rings. The molecule has 4 heterocycles. The van der Waals surface area contributed by atoms with Crippen LogP contribution in [0.2, 0.25) is 0 Å². The van der Waals surface area contributed by atoms with Crippen molar-refractivity contribution >= 4 is 17.7 Å². The van der Waals surface area contributed by atoms with Crippen molar-refractivity contribution in [1.29, 1.82) is 0 Å². The normalized spacial score (nSPS) is 46.5. The lowest BCUT2D eigenvalue weighted by Crippen LogP contribution is -2.62. The van der Waals surface area contributed by atoms with E-state index in [1.54, 1.807) is 28.1 Å². The van der Waals surface area contributed by atoms with Crippen molar-refractivity contribution in [2.45, 2.75) is 187 Å². The van der Waals surface area contributed by atoms with E-state index in [2.05, 4.69) is 11.5 Å². The Labute approximate surface area is 341 Å². The van der Waals surface area contributed by atoms with Gasteiger partial charge in [-0.1, -0.05) is 40.2 Å². The van der Waals surface area contributed by atoms with Gasteiger partial charge in [-0.05, 0) is 80.2 Å². The summed E-state index contributed by atoms with van der Waals surface area (Å²) in [5, 5.41) is 23.3. The Balaban J connectivity index is 1.89. The number of rotatable bonds is 10. The highest BCUT2D eigenvalue weighted by atomic mass is 16.7. The van der Waals surface area contributed by atoms with Crippen molar-refractivity contribution in [1.82, 2.24) is 4.90 Å². The monoisotopic (exact) mass is 810 g/mol. The number of cyclic esters (lactones) is 1. The molecule has 13 nitrogen and oxygen atoms in total. The van der Waals surface area contributed by atoms with Crippen LogP contribution in [0.15, 0.2) is 12.2 Å². The predicted octanol–water partition coefficient (Wildman–Crippen LogP) is 5.26. The van der Waals surface area contributed by atoms with Crippen molar-refractivity contribution in [3.05, 3.63) is 12.2 Å².